The quantitative estimate of drug-likeness (QED) is 0.795. The number of benzene rings is 1. The van der Waals surface area contributed by atoms with Crippen LogP contribution in [0.1, 0.15) is 19.4 Å². The largest absolute Gasteiger partial charge is 0.493 e. The van der Waals surface area contributed by atoms with Gasteiger partial charge in [-0.15, -0.1) is 0 Å². The van der Waals surface area contributed by atoms with Crippen molar-refractivity contribution < 1.29 is 14.3 Å². The molecule has 1 unspecified atom stereocenters. The van der Waals surface area contributed by atoms with Crippen molar-refractivity contribution in [3.05, 3.63) is 22.2 Å². The Morgan fingerprint density at radius 1 is 1.45 bits per heavy atom. The number of carbonyl (C=O) groups excluding carboxylic acids is 1. The molecule has 0 spiro atoms. The van der Waals surface area contributed by atoms with Crippen molar-refractivity contribution in [1.82, 2.24) is 10.6 Å². The zero-order valence-corrected chi connectivity index (χ0v) is 13.8. The van der Waals surface area contributed by atoms with Crippen molar-refractivity contribution in [3.8, 4) is 11.5 Å². The van der Waals surface area contributed by atoms with E-state index in [0.717, 1.165) is 23.1 Å². The lowest BCUT2D eigenvalue weighted by atomic mass is 10.2. The smallest absolute Gasteiger partial charge is 0.260 e. The van der Waals surface area contributed by atoms with Crippen LogP contribution in [-0.4, -0.2) is 32.7 Å². The average Bonchev–Trinajstić information content (AvgIpc) is 2.46. The lowest BCUT2D eigenvalue weighted by molar-refractivity contribution is -0.126. The number of nitrogens with one attached hydrogen (secondary N) is 2. The number of rotatable bonds is 7. The van der Waals surface area contributed by atoms with Crippen LogP contribution in [0, 0.1) is 0 Å². The highest BCUT2D eigenvalue weighted by Gasteiger charge is 2.18. The van der Waals surface area contributed by atoms with Crippen molar-refractivity contribution in [2.24, 2.45) is 0 Å². The van der Waals surface area contributed by atoms with E-state index in [1.807, 2.05) is 12.1 Å². The van der Waals surface area contributed by atoms with Crippen molar-refractivity contribution in [3.63, 3.8) is 0 Å². The van der Waals surface area contributed by atoms with Crippen LogP contribution < -0.4 is 20.1 Å². The number of carbonyl (C=O) groups is 1. The molecule has 1 aromatic rings. The van der Waals surface area contributed by atoms with Crippen molar-refractivity contribution >= 4 is 21.8 Å². The molecule has 0 saturated carbocycles. The highest BCUT2D eigenvalue weighted by molar-refractivity contribution is 9.10. The summed E-state index contributed by atoms with van der Waals surface area (Å²) >= 11 is 3.47. The Bertz CT molecular complexity index is 466. The molecule has 0 aromatic heterocycles. The van der Waals surface area contributed by atoms with Crippen LogP contribution in [0.4, 0.5) is 0 Å². The molecule has 6 heteroatoms. The molecule has 5 nitrogen and oxygen atoms in total. The molecule has 0 aliphatic rings. The molecule has 0 heterocycles. The maximum atomic E-state index is 11.5. The highest BCUT2D eigenvalue weighted by Crippen LogP contribution is 2.37. The van der Waals surface area contributed by atoms with Crippen LogP contribution in [0.25, 0.3) is 0 Å². The minimum Gasteiger partial charge on any atom is -0.493 e. The maximum Gasteiger partial charge on any atom is 0.260 e. The second-order valence-electron chi connectivity index (χ2n) is 4.26. The summed E-state index contributed by atoms with van der Waals surface area (Å²) in [6.07, 6.45) is -0.593. The van der Waals surface area contributed by atoms with Crippen LogP contribution >= 0.6 is 15.9 Å². The third kappa shape index (κ3) is 4.38. The zero-order chi connectivity index (χ0) is 15.1. The molecular weight excluding hydrogens is 324 g/mol. The third-order valence-corrected chi connectivity index (χ3v) is 3.37. The summed E-state index contributed by atoms with van der Waals surface area (Å²) in [7, 11) is 3.16. The minimum absolute atomic E-state index is 0.185. The minimum atomic E-state index is -0.593. The average molecular weight is 345 g/mol. The van der Waals surface area contributed by atoms with E-state index in [2.05, 4.69) is 33.5 Å². The Kier molecular flexibility index (Phi) is 6.81. The van der Waals surface area contributed by atoms with Gasteiger partial charge in [-0.25, -0.2) is 0 Å². The fourth-order valence-electron chi connectivity index (χ4n) is 1.69. The van der Waals surface area contributed by atoms with Gasteiger partial charge in [-0.05, 0) is 47.1 Å². The Balaban J connectivity index is 2.98. The van der Waals surface area contributed by atoms with E-state index in [4.69, 9.17) is 9.47 Å². The van der Waals surface area contributed by atoms with Gasteiger partial charge in [-0.2, -0.15) is 0 Å². The van der Waals surface area contributed by atoms with Crippen LogP contribution in [0.2, 0.25) is 0 Å². The molecule has 0 bridgehead atoms. The third-order valence-electron chi connectivity index (χ3n) is 2.78. The Morgan fingerprint density at radius 2 is 2.15 bits per heavy atom. The molecule has 1 atom stereocenters. The Morgan fingerprint density at radius 3 is 2.70 bits per heavy atom. The zero-order valence-electron chi connectivity index (χ0n) is 12.2. The highest BCUT2D eigenvalue weighted by atomic mass is 79.9. The lowest BCUT2D eigenvalue weighted by Crippen LogP contribution is -2.33. The van der Waals surface area contributed by atoms with E-state index >= 15 is 0 Å². The number of hydrogen-bond donors (Lipinski definition) is 2. The molecule has 1 rings (SSSR count). The van der Waals surface area contributed by atoms with E-state index in [9.17, 15) is 4.79 Å². The Hall–Kier alpha value is -1.27. The number of methoxy groups -OCH3 is 1. The number of hydrogen-bond acceptors (Lipinski definition) is 4. The number of ether oxygens (including phenoxy) is 2. The van der Waals surface area contributed by atoms with Crippen LogP contribution in [0.3, 0.4) is 0 Å². The van der Waals surface area contributed by atoms with Gasteiger partial charge in [0.2, 0.25) is 0 Å². The molecular formula is C14H21BrN2O3. The summed E-state index contributed by atoms with van der Waals surface area (Å²) in [6, 6.07) is 3.86. The number of halogens is 1. The topological polar surface area (TPSA) is 59.6 Å². The van der Waals surface area contributed by atoms with Gasteiger partial charge < -0.3 is 20.1 Å². The van der Waals surface area contributed by atoms with Gasteiger partial charge in [0.1, 0.15) is 0 Å². The second-order valence-corrected chi connectivity index (χ2v) is 5.12. The Labute approximate surface area is 128 Å². The first-order valence-corrected chi connectivity index (χ1v) is 7.28. The molecule has 1 amide bonds. The van der Waals surface area contributed by atoms with Crippen LogP contribution in [-0.2, 0) is 11.3 Å². The summed E-state index contributed by atoms with van der Waals surface area (Å²) in [5.41, 5.74) is 1.08. The maximum absolute atomic E-state index is 11.5. The van der Waals surface area contributed by atoms with Gasteiger partial charge in [-0.3, -0.25) is 4.79 Å². The van der Waals surface area contributed by atoms with E-state index in [1.54, 1.807) is 21.1 Å². The molecule has 20 heavy (non-hydrogen) atoms. The first-order chi connectivity index (χ1) is 9.53. The first kappa shape index (κ1) is 16.8. The summed E-state index contributed by atoms with van der Waals surface area (Å²) in [4.78, 5) is 11.5. The molecule has 0 fully saturated rings. The fourth-order valence-corrected chi connectivity index (χ4v) is 2.28. The van der Waals surface area contributed by atoms with Crippen LogP contribution in [0.5, 0.6) is 11.5 Å². The van der Waals surface area contributed by atoms with Crippen molar-refractivity contribution in [1.29, 1.82) is 0 Å². The normalized spacial score (nSPS) is 11.8. The molecule has 1 aromatic carbocycles. The van der Waals surface area contributed by atoms with Gasteiger partial charge in [0.05, 0.1) is 11.6 Å². The number of likely N-dealkylation sites (N-methyl/N-ethyl adjacent to an activating group) is 1. The van der Waals surface area contributed by atoms with Gasteiger partial charge in [0.15, 0.2) is 17.6 Å². The number of amides is 1. The van der Waals surface area contributed by atoms with Gasteiger partial charge in [-0.1, -0.05) is 6.92 Å². The fraction of sp³-hybridized carbons (Fsp3) is 0.500. The first-order valence-electron chi connectivity index (χ1n) is 6.48. The van der Waals surface area contributed by atoms with Gasteiger partial charge in [0.25, 0.3) is 5.91 Å². The molecule has 112 valence electrons. The molecule has 0 aliphatic heterocycles. The summed E-state index contributed by atoms with van der Waals surface area (Å²) < 4.78 is 11.8. The molecule has 2 N–H and O–H groups in total. The van der Waals surface area contributed by atoms with Gasteiger partial charge in [0, 0.05) is 13.6 Å². The van der Waals surface area contributed by atoms with Crippen molar-refractivity contribution in [2.75, 3.05) is 20.7 Å². The van der Waals surface area contributed by atoms with E-state index in [0.29, 0.717) is 11.5 Å². The van der Waals surface area contributed by atoms with E-state index < -0.39 is 6.10 Å². The monoisotopic (exact) mass is 344 g/mol. The predicted octanol–water partition coefficient (Wildman–Crippen LogP) is 2.08. The van der Waals surface area contributed by atoms with Crippen LogP contribution in [0.15, 0.2) is 16.6 Å². The standard InChI is InChI=1S/C14H21BrN2O3/c1-5-17-8-10-6-11(15)13(12(7-10)19-4)20-9(2)14(18)16-3/h6-7,9,17H,5,8H2,1-4H3,(H,16,18). The predicted molar refractivity (Wildman–Crippen MR) is 82.2 cm³/mol. The van der Waals surface area contributed by atoms with Gasteiger partial charge >= 0.3 is 0 Å². The summed E-state index contributed by atoms with van der Waals surface area (Å²) in [5, 5.41) is 5.80. The second kappa shape index (κ2) is 8.11. The molecule has 0 saturated heterocycles. The SMILES string of the molecule is CCNCc1cc(Br)c(OC(C)C(=O)NC)c(OC)c1. The van der Waals surface area contributed by atoms with Crippen molar-refractivity contribution in [2.45, 2.75) is 26.5 Å². The molecule has 0 aliphatic carbocycles. The van der Waals surface area contributed by atoms with E-state index in [1.165, 1.54) is 0 Å². The summed E-state index contributed by atoms with van der Waals surface area (Å²) in [6.45, 7) is 5.38. The van der Waals surface area contributed by atoms with E-state index in [-0.39, 0.29) is 5.91 Å². The summed E-state index contributed by atoms with van der Waals surface area (Å²) in [5.74, 6) is 0.947. The lowest BCUT2D eigenvalue weighted by Gasteiger charge is -2.18. The molecule has 0 radical (unpaired) electrons.